The predicted octanol–water partition coefficient (Wildman–Crippen LogP) is 9.67. The maximum absolute atomic E-state index is 14.0. The van der Waals surface area contributed by atoms with Crippen LogP contribution in [0.1, 0.15) is 39.6 Å². The van der Waals surface area contributed by atoms with Crippen LogP contribution in [0.5, 0.6) is 11.6 Å². The number of nitrogens with zero attached hydrogens (tertiary/aromatic N) is 1. The summed E-state index contributed by atoms with van der Waals surface area (Å²) in [6, 6.07) is 56.0. The Morgan fingerprint density at radius 1 is 0.679 bits per heavy atom. The van der Waals surface area contributed by atoms with Crippen LogP contribution in [0.15, 0.2) is 181 Å². The van der Waals surface area contributed by atoms with Crippen LogP contribution >= 0.6 is 11.3 Å². The topological polar surface area (TPSA) is 72.7 Å². The van der Waals surface area contributed by atoms with Gasteiger partial charge < -0.3 is 9.84 Å². The minimum atomic E-state index is -1.09. The van der Waals surface area contributed by atoms with Gasteiger partial charge in [-0.15, -0.1) is 0 Å². The van der Waals surface area contributed by atoms with Crippen LogP contribution in [0.2, 0.25) is 0 Å². The van der Waals surface area contributed by atoms with Gasteiger partial charge in [-0.2, -0.15) is 0 Å². The molecule has 7 aromatic rings. The van der Waals surface area contributed by atoms with Crippen molar-refractivity contribution in [3.05, 3.63) is 218 Å². The number of hydroxylamine groups is 1. The van der Waals surface area contributed by atoms with Gasteiger partial charge in [0.05, 0.1) is 10.6 Å². The standard InChI is InChI=1S/C46H40N2O4S/c1-2-42(37-27-25-36(26-28-37)35-15-7-3-8-16-35)47-52-32-31-51-41-29-23-34(24-30-41)33-43-44(49)48(45(50)53-43)46(38-17-9-4-10-18-38,39-19-11-5-12-20-39)40-21-13-6-14-22-40/h2-30,47,49H,31-33H2,1H3. The van der Waals surface area contributed by atoms with Gasteiger partial charge in [-0.3, -0.25) is 19.7 Å². The fraction of sp³-hybridized carbons (Fsp3) is 0.109. The number of hydrogen-bond donors (Lipinski definition) is 2. The lowest BCUT2D eigenvalue weighted by molar-refractivity contribution is 0.0539. The molecule has 0 spiro atoms. The molecule has 0 atom stereocenters. The van der Waals surface area contributed by atoms with Gasteiger partial charge in [-0.05, 0) is 58.0 Å². The van der Waals surface area contributed by atoms with E-state index in [1.807, 2.05) is 146 Å². The Morgan fingerprint density at radius 2 is 1.19 bits per heavy atom. The molecule has 0 saturated heterocycles. The molecule has 0 bridgehead atoms. The lowest BCUT2D eigenvalue weighted by Crippen LogP contribution is -2.42. The molecule has 6 nitrogen and oxygen atoms in total. The molecule has 0 aliphatic heterocycles. The summed E-state index contributed by atoms with van der Waals surface area (Å²) < 4.78 is 7.50. The Bertz CT molecular complexity index is 2210. The third-order valence-corrected chi connectivity index (χ3v) is 10.2. The highest BCUT2D eigenvalue weighted by atomic mass is 32.1. The smallest absolute Gasteiger partial charge is 0.311 e. The second-order valence-electron chi connectivity index (χ2n) is 12.5. The second-order valence-corrected chi connectivity index (χ2v) is 13.6. The highest BCUT2D eigenvalue weighted by molar-refractivity contribution is 7.09. The molecular formula is C46H40N2O4S. The molecule has 1 heterocycles. The Morgan fingerprint density at radius 3 is 1.72 bits per heavy atom. The van der Waals surface area contributed by atoms with E-state index in [0.29, 0.717) is 30.3 Å². The van der Waals surface area contributed by atoms with E-state index in [1.165, 1.54) is 5.56 Å². The van der Waals surface area contributed by atoms with Gasteiger partial charge in [0, 0.05) is 6.42 Å². The van der Waals surface area contributed by atoms with E-state index >= 15 is 0 Å². The van der Waals surface area contributed by atoms with E-state index in [4.69, 9.17) is 9.57 Å². The third kappa shape index (κ3) is 7.58. The van der Waals surface area contributed by atoms with Crippen molar-refractivity contribution in [3.63, 3.8) is 0 Å². The van der Waals surface area contributed by atoms with Crippen LogP contribution < -0.4 is 15.1 Å². The van der Waals surface area contributed by atoms with Crippen LogP contribution in [0, 0.1) is 0 Å². The number of aromatic hydroxyl groups is 1. The first-order valence-corrected chi connectivity index (χ1v) is 18.4. The molecule has 2 N–H and O–H groups in total. The minimum absolute atomic E-state index is 0.0471. The summed E-state index contributed by atoms with van der Waals surface area (Å²) in [5, 5.41) is 11.9. The molecule has 6 aromatic carbocycles. The second kappa shape index (κ2) is 16.5. The average Bonchev–Trinajstić information content (AvgIpc) is 3.50. The van der Waals surface area contributed by atoms with E-state index < -0.39 is 5.54 Å². The van der Waals surface area contributed by atoms with Crippen LogP contribution in [-0.4, -0.2) is 22.9 Å². The van der Waals surface area contributed by atoms with Crippen molar-refractivity contribution in [2.45, 2.75) is 18.9 Å². The molecule has 0 amide bonds. The van der Waals surface area contributed by atoms with Gasteiger partial charge in [0.2, 0.25) is 5.88 Å². The van der Waals surface area contributed by atoms with Crippen molar-refractivity contribution in [2.75, 3.05) is 13.2 Å². The van der Waals surface area contributed by atoms with E-state index in [-0.39, 0.29) is 10.8 Å². The quantitative estimate of drug-likeness (QED) is 0.0667. The summed E-state index contributed by atoms with van der Waals surface area (Å²) in [7, 11) is 0. The molecule has 0 saturated carbocycles. The van der Waals surface area contributed by atoms with Gasteiger partial charge in [0.25, 0.3) is 0 Å². The molecular weight excluding hydrogens is 677 g/mol. The minimum Gasteiger partial charge on any atom is -0.494 e. The lowest BCUT2D eigenvalue weighted by Gasteiger charge is -2.37. The highest BCUT2D eigenvalue weighted by Gasteiger charge is 2.42. The van der Waals surface area contributed by atoms with E-state index in [1.54, 1.807) is 4.57 Å². The number of benzene rings is 6. The molecule has 0 aliphatic rings. The fourth-order valence-electron chi connectivity index (χ4n) is 6.72. The summed E-state index contributed by atoms with van der Waals surface area (Å²) >= 11 is 1.07. The Kier molecular flexibility index (Phi) is 11.0. The zero-order valence-electron chi connectivity index (χ0n) is 29.4. The molecule has 0 unspecified atom stereocenters. The molecule has 53 heavy (non-hydrogen) atoms. The number of ether oxygens (including phenoxy) is 1. The maximum Gasteiger partial charge on any atom is 0.311 e. The zero-order valence-corrected chi connectivity index (χ0v) is 30.2. The van der Waals surface area contributed by atoms with Crippen molar-refractivity contribution < 1.29 is 14.7 Å². The first-order chi connectivity index (χ1) is 26.1. The van der Waals surface area contributed by atoms with E-state index in [9.17, 15) is 9.90 Å². The molecule has 7 heteroatoms. The van der Waals surface area contributed by atoms with Crippen molar-refractivity contribution in [1.29, 1.82) is 0 Å². The van der Waals surface area contributed by atoms with E-state index in [0.717, 1.165) is 50.4 Å². The molecule has 1 aromatic heterocycles. The molecule has 264 valence electrons. The van der Waals surface area contributed by atoms with Gasteiger partial charge in [0.15, 0.2) is 0 Å². The SMILES string of the molecule is CC=C(NOCCOc1ccc(Cc2sc(=O)n(C(c3ccccc3)(c3ccccc3)c3ccccc3)c2O)cc1)c1ccc(-c2ccccc2)cc1. The van der Waals surface area contributed by atoms with Crippen molar-refractivity contribution in [2.24, 2.45) is 0 Å². The fourth-order valence-corrected chi connectivity index (χ4v) is 7.67. The molecule has 7 rings (SSSR count). The van der Waals surface area contributed by atoms with E-state index in [2.05, 4.69) is 41.9 Å². The van der Waals surface area contributed by atoms with Crippen LogP contribution in [0.4, 0.5) is 0 Å². The number of rotatable bonds is 14. The third-order valence-electron chi connectivity index (χ3n) is 9.28. The van der Waals surface area contributed by atoms with Gasteiger partial charge in [-0.1, -0.05) is 175 Å². The molecule has 0 radical (unpaired) electrons. The Labute approximate surface area is 313 Å². The van der Waals surface area contributed by atoms with Crippen LogP contribution in [0.3, 0.4) is 0 Å². The van der Waals surface area contributed by atoms with Gasteiger partial charge >= 0.3 is 4.87 Å². The van der Waals surface area contributed by atoms with Crippen LogP contribution in [0.25, 0.3) is 16.8 Å². The number of hydrogen-bond acceptors (Lipinski definition) is 6. The first-order valence-electron chi connectivity index (χ1n) is 17.6. The number of thiazole rings is 1. The summed E-state index contributed by atoms with van der Waals surface area (Å²) in [6.07, 6.45) is 2.36. The number of allylic oxidation sites excluding steroid dienone is 1. The summed E-state index contributed by atoms with van der Waals surface area (Å²) in [5.41, 5.74) is 9.77. The van der Waals surface area contributed by atoms with Crippen molar-refractivity contribution in [3.8, 4) is 22.8 Å². The Hall–Kier alpha value is -6.15. The summed E-state index contributed by atoms with van der Waals surface area (Å²) in [6.45, 7) is 2.65. The summed E-state index contributed by atoms with van der Waals surface area (Å²) in [4.78, 5) is 20.1. The van der Waals surface area contributed by atoms with Crippen molar-refractivity contribution in [1.82, 2.24) is 10.0 Å². The van der Waals surface area contributed by atoms with Gasteiger partial charge in [0.1, 0.15) is 24.5 Å². The average molecular weight is 717 g/mol. The molecule has 0 aliphatic carbocycles. The molecule has 0 fully saturated rings. The number of aromatic nitrogens is 1. The maximum atomic E-state index is 14.0. The largest absolute Gasteiger partial charge is 0.494 e. The normalized spacial score (nSPS) is 11.7. The number of nitrogens with one attached hydrogen (secondary N) is 1. The lowest BCUT2D eigenvalue weighted by atomic mass is 9.76. The predicted molar refractivity (Wildman–Crippen MR) is 214 cm³/mol. The first kappa shape index (κ1) is 35.3. The highest BCUT2D eigenvalue weighted by Crippen LogP contribution is 2.43. The zero-order chi connectivity index (χ0) is 36.5. The van der Waals surface area contributed by atoms with Gasteiger partial charge in [-0.25, -0.2) is 0 Å². The van der Waals surface area contributed by atoms with Crippen LogP contribution in [-0.2, 0) is 16.8 Å². The Balaban J connectivity index is 1.02. The summed E-state index contributed by atoms with van der Waals surface area (Å²) in [5.74, 6) is 0.653. The van der Waals surface area contributed by atoms with Crippen molar-refractivity contribution >= 4 is 17.0 Å². The monoisotopic (exact) mass is 716 g/mol.